The van der Waals surface area contributed by atoms with Gasteiger partial charge in [-0.25, -0.2) is 4.79 Å². The van der Waals surface area contributed by atoms with Gasteiger partial charge in [0.25, 0.3) is 0 Å². The third-order valence-corrected chi connectivity index (χ3v) is 6.81. The van der Waals surface area contributed by atoms with E-state index in [1.165, 1.54) is 22.3 Å². The van der Waals surface area contributed by atoms with Crippen molar-refractivity contribution in [3.63, 3.8) is 0 Å². The molecule has 4 N–H and O–H groups in total. The van der Waals surface area contributed by atoms with Crippen molar-refractivity contribution >= 4 is 6.03 Å². The van der Waals surface area contributed by atoms with Gasteiger partial charge < -0.3 is 21.3 Å². The van der Waals surface area contributed by atoms with Crippen molar-refractivity contribution in [1.29, 1.82) is 0 Å². The zero-order valence-electron chi connectivity index (χ0n) is 17.8. The number of rotatable bonds is 4. The van der Waals surface area contributed by atoms with E-state index in [1.54, 1.807) is 0 Å². The van der Waals surface area contributed by atoms with E-state index in [4.69, 9.17) is 11.5 Å². The molecule has 0 saturated carbocycles. The van der Waals surface area contributed by atoms with Crippen molar-refractivity contribution in [3.8, 4) is 0 Å². The quantitative estimate of drug-likeness (QED) is 0.811. The van der Waals surface area contributed by atoms with Crippen LogP contribution in [-0.4, -0.2) is 42.0 Å². The van der Waals surface area contributed by atoms with Crippen molar-refractivity contribution in [1.82, 2.24) is 9.80 Å². The molecule has 0 spiro atoms. The first-order valence-electron chi connectivity index (χ1n) is 11.3. The molecule has 2 saturated heterocycles. The van der Waals surface area contributed by atoms with E-state index in [9.17, 15) is 4.79 Å². The van der Waals surface area contributed by atoms with Crippen LogP contribution in [0.15, 0.2) is 48.5 Å². The van der Waals surface area contributed by atoms with Crippen LogP contribution in [0.25, 0.3) is 0 Å². The SMILES string of the molecule is NCc1ccccc1C1CCCN(C(=O)N2CCCC(c3ccccc3CN)C2)C1. The molecule has 0 aromatic heterocycles. The second-order valence-electron chi connectivity index (χ2n) is 8.66. The van der Waals surface area contributed by atoms with Gasteiger partial charge in [-0.05, 0) is 47.9 Å². The fourth-order valence-electron chi connectivity index (χ4n) is 5.25. The van der Waals surface area contributed by atoms with Crippen molar-refractivity contribution < 1.29 is 4.79 Å². The Hall–Kier alpha value is -2.37. The maximum atomic E-state index is 13.4. The second kappa shape index (κ2) is 9.63. The van der Waals surface area contributed by atoms with Crippen LogP contribution in [0, 0.1) is 0 Å². The Labute approximate surface area is 180 Å². The van der Waals surface area contributed by atoms with Crippen molar-refractivity contribution in [2.75, 3.05) is 26.2 Å². The molecule has 5 nitrogen and oxygen atoms in total. The number of amides is 2. The Bertz CT molecular complexity index is 798. The molecular formula is C25H34N4O. The van der Waals surface area contributed by atoms with Gasteiger partial charge in [0.05, 0.1) is 0 Å². The third-order valence-electron chi connectivity index (χ3n) is 6.81. The fraction of sp³-hybridized carbons (Fsp3) is 0.480. The molecule has 2 unspecified atom stereocenters. The number of hydrogen-bond donors (Lipinski definition) is 2. The summed E-state index contributed by atoms with van der Waals surface area (Å²) in [5, 5.41) is 0. The first-order valence-corrected chi connectivity index (χ1v) is 11.3. The molecule has 5 heteroatoms. The van der Waals surface area contributed by atoms with Crippen molar-refractivity contribution in [3.05, 3.63) is 70.8 Å². The van der Waals surface area contributed by atoms with Gasteiger partial charge in [-0.1, -0.05) is 48.5 Å². The summed E-state index contributed by atoms with van der Waals surface area (Å²) in [6.45, 7) is 4.37. The Morgan fingerprint density at radius 1 is 0.767 bits per heavy atom. The van der Waals surface area contributed by atoms with E-state index in [2.05, 4.69) is 46.2 Å². The monoisotopic (exact) mass is 406 g/mol. The van der Waals surface area contributed by atoms with Gasteiger partial charge in [-0.3, -0.25) is 0 Å². The van der Waals surface area contributed by atoms with Crippen LogP contribution in [0.1, 0.15) is 59.8 Å². The summed E-state index contributed by atoms with van der Waals surface area (Å²) in [7, 11) is 0. The first kappa shape index (κ1) is 20.9. The standard InChI is InChI=1S/C25H34N4O/c26-15-19-7-1-3-11-23(19)21-9-5-13-28(17-21)25(30)29-14-6-10-22(18-29)24-12-4-2-8-20(24)16-27/h1-4,7-8,11-12,21-22H,5-6,9-10,13-18,26-27H2. The summed E-state index contributed by atoms with van der Waals surface area (Å²) in [6, 6.07) is 17.0. The molecule has 0 radical (unpaired) electrons. The van der Waals surface area contributed by atoms with Crippen molar-refractivity contribution in [2.24, 2.45) is 11.5 Å². The van der Waals surface area contributed by atoms with Crippen LogP contribution >= 0.6 is 0 Å². The maximum Gasteiger partial charge on any atom is 0.320 e. The molecule has 2 aliphatic heterocycles. The Morgan fingerprint density at radius 3 is 1.63 bits per heavy atom. The highest BCUT2D eigenvalue weighted by molar-refractivity contribution is 5.75. The molecule has 2 aromatic rings. The van der Waals surface area contributed by atoms with E-state index in [0.29, 0.717) is 24.9 Å². The lowest BCUT2D eigenvalue weighted by Gasteiger charge is -2.40. The number of carbonyl (C=O) groups is 1. The second-order valence-corrected chi connectivity index (χ2v) is 8.66. The number of hydrogen-bond acceptors (Lipinski definition) is 3. The van der Waals surface area contributed by atoms with Gasteiger partial charge in [-0.15, -0.1) is 0 Å². The topological polar surface area (TPSA) is 75.6 Å². The van der Waals surface area contributed by atoms with Gasteiger partial charge in [-0.2, -0.15) is 0 Å². The summed E-state index contributed by atoms with van der Waals surface area (Å²) in [4.78, 5) is 17.6. The Morgan fingerprint density at radius 2 is 1.20 bits per heavy atom. The average molecular weight is 407 g/mol. The highest BCUT2D eigenvalue weighted by Gasteiger charge is 2.32. The first-order chi connectivity index (χ1) is 14.7. The Kier molecular flexibility index (Phi) is 6.70. The minimum absolute atomic E-state index is 0.194. The average Bonchev–Trinajstić information content (AvgIpc) is 2.83. The number of nitrogens with zero attached hydrogens (tertiary/aromatic N) is 2. The van der Waals surface area contributed by atoms with Crippen LogP contribution in [0.5, 0.6) is 0 Å². The molecule has 0 bridgehead atoms. The summed E-state index contributed by atoms with van der Waals surface area (Å²) in [5.41, 5.74) is 17.0. The zero-order chi connectivity index (χ0) is 20.9. The fourth-order valence-corrected chi connectivity index (χ4v) is 5.25. The van der Waals surface area contributed by atoms with Crippen LogP contribution in [-0.2, 0) is 13.1 Å². The molecule has 0 aliphatic carbocycles. The molecule has 30 heavy (non-hydrogen) atoms. The lowest BCUT2D eigenvalue weighted by Crippen LogP contribution is -2.50. The third kappa shape index (κ3) is 4.37. The smallest absolute Gasteiger partial charge is 0.320 e. The summed E-state index contributed by atoms with van der Waals surface area (Å²) >= 11 is 0. The predicted octanol–water partition coefficient (Wildman–Crippen LogP) is 3.78. The van der Waals surface area contributed by atoms with E-state index in [1.807, 2.05) is 12.1 Å². The minimum atomic E-state index is 0.194. The predicted molar refractivity (Wildman–Crippen MR) is 121 cm³/mol. The zero-order valence-corrected chi connectivity index (χ0v) is 17.8. The van der Waals surface area contributed by atoms with Crippen LogP contribution in [0.2, 0.25) is 0 Å². The van der Waals surface area contributed by atoms with Gasteiger partial charge in [0.15, 0.2) is 0 Å². The van der Waals surface area contributed by atoms with E-state index >= 15 is 0 Å². The number of likely N-dealkylation sites (tertiary alicyclic amines) is 2. The van der Waals surface area contributed by atoms with Crippen LogP contribution in [0.4, 0.5) is 4.79 Å². The van der Waals surface area contributed by atoms with Crippen LogP contribution in [0.3, 0.4) is 0 Å². The van der Waals surface area contributed by atoms with E-state index < -0.39 is 0 Å². The summed E-state index contributed by atoms with van der Waals surface area (Å²) in [5.74, 6) is 0.752. The summed E-state index contributed by atoms with van der Waals surface area (Å²) in [6.07, 6.45) is 4.33. The number of benzene rings is 2. The highest BCUT2D eigenvalue weighted by atomic mass is 16.2. The summed E-state index contributed by atoms with van der Waals surface area (Å²) < 4.78 is 0. The molecule has 2 amide bonds. The molecular weight excluding hydrogens is 372 g/mol. The number of nitrogens with two attached hydrogens (primary N) is 2. The van der Waals surface area contributed by atoms with Gasteiger partial charge >= 0.3 is 6.03 Å². The van der Waals surface area contributed by atoms with Crippen molar-refractivity contribution in [2.45, 2.75) is 50.6 Å². The number of carbonyl (C=O) groups excluding carboxylic acids is 1. The number of piperidine rings is 2. The molecule has 2 atom stereocenters. The van der Waals surface area contributed by atoms with E-state index in [-0.39, 0.29) is 6.03 Å². The molecule has 4 rings (SSSR count). The van der Waals surface area contributed by atoms with Gasteiger partial charge in [0, 0.05) is 51.1 Å². The molecule has 2 heterocycles. The van der Waals surface area contributed by atoms with Crippen LogP contribution < -0.4 is 11.5 Å². The lowest BCUT2D eigenvalue weighted by molar-refractivity contribution is 0.126. The molecule has 2 aliphatic rings. The molecule has 160 valence electrons. The molecule has 2 aromatic carbocycles. The minimum Gasteiger partial charge on any atom is -0.326 e. The van der Waals surface area contributed by atoms with Gasteiger partial charge in [0.1, 0.15) is 0 Å². The maximum absolute atomic E-state index is 13.4. The lowest BCUT2D eigenvalue weighted by atomic mass is 9.87. The van der Waals surface area contributed by atoms with Gasteiger partial charge in [0.2, 0.25) is 0 Å². The largest absolute Gasteiger partial charge is 0.326 e. The number of urea groups is 1. The van der Waals surface area contributed by atoms with E-state index in [0.717, 1.165) is 51.9 Å². The normalized spacial score (nSPS) is 22.2. The highest BCUT2D eigenvalue weighted by Crippen LogP contribution is 2.32. The Balaban J connectivity index is 1.46. The molecule has 2 fully saturated rings.